The van der Waals surface area contributed by atoms with Gasteiger partial charge in [0.05, 0.1) is 18.1 Å². The highest BCUT2D eigenvalue weighted by Gasteiger charge is 2.20. The number of aromatic carboxylic acids is 1. The Morgan fingerprint density at radius 3 is 2.71 bits per heavy atom. The molecule has 0 aliphatic heterocycles. The molecule has 0 bridgehead atoms. The number of hydrogen-bond donors (Lipinski definition) is 3. The SMILES string of the molecule is O=C(Cc1ccccc1C(=O)O)NCC1CCCC(O)C1. The average molecular weight is 291 g/mol. The number of amides is 1. The first-order valence-electron chi connectivity index (χ1n) is 7.32. The van der Waals surface area contributed by atoms with Crippen LogP contribution in [0.25, 0.3) is 0 Å². The third-order valence-corrected chi connectivity index (χ3v) is 3.94. The lowest BCUT2D eigenvalue weighted by atomic mass is 9.87. The van der Waals surface area contributed by atoms with Crippen molar-refractivity contribution in [2.75, 3.05) is 6.54 Å². The molecule has 1 amide bonds. The zero-order chi connectivity index (χ0) is 15.2. The van der Waals surface area contributed by atoms with Crippen LogP contribution in [0.5, 0.6) is 0 Å². The van der Waals surface area contributed by atoms with E-state index in [2.05, 4.69) is 5.32 Å². The predicted octanol–water partition coefficient (Wildman–Crippen LogP) is 1.59. The van der Waals surface area contributed by atoms with E-state index in [1.165, 1.54) is 6.07 Å². The molecular weight excluding hydrogens is 270 g/mol. The van der Waals surface area contributed by atoms with E-state index in [9.17, 15) is 14.7 Å². The molecule has 1 fully saturated rings. The Balaban J connectivity index is 1.86. The van der Waals surface area contributed by atoms with Crippen LogP contribution in [0.4, 0.5) is 0 Å². The summed E-state index contributed by atoms with van der Waals surface area (Å²) in [5.41, 5.74) is 0.687. The topological polar surface area (TPSA) is 86.6 Å². The molecule has 0 spiro atoms. The summed E-state index contributed by atoms with van der Waals surface area (Å²) in [6.45, 7) is 0.547. The second-order valence-corrected chi connectivity index (χ2v) is 5.63. The fourth-order valence-corrected chi connectivity index (χ4v) is 2.82. The number of carboxylic acid groups (broad SMARTS) is 1. The third kappa shape index (κ3) is 4.56. The fraction of sp³-hybridized carbons (Fsp3) is 0.500. The number of aliphatic hydroxyl groups is 1. The molecule has 5 heteroatoms. The van der Waals surface area contributed by atoms with Gasteiger partial charge in [0.1, 0.15) is 0 Å². The summed E-state index contributed by atoms with van der Waals surface area (Å²) in [4.78, 5) is 23.0. The van der Waals surface area contributed by atoms with Crippen LogP contribution >= 0.6 is 0 Å². The van der Waals surface area contributed by atoms with Crippen LogP contribution in [0.15, 0.2) is 24.3 Å². The molecule has 0 radical (unpaired) electrons. The van der Waals surface area contributed by atoms with Gasteiger partial charge >= 0.3 is 5.97 Å². The van der Waals surface area contributed by atoms with Crippen LogP contribution in [0.3, 0.4) is 0 Å². The summed E-state index contributed by atoms with van der Waals surface area (Å²) in [6.07, 6.45) is 3.39. The monoisotopic (exact) mass is 291 g/mol. The van der Waals surface area contributed by atoms with E-state index in [1.54, 1.807) is 18.2 Å². The Kier molecular flexibility index (Phi) is 5.33. The van der Waals surface area contributed by atoms with Crippen molar-refractivity contribution >= 4 is 11.9 Å². The highest BCUT2D eigenvalue weighted by Crippen LogP contribution is 2.23. The third-order valence-electron chi connectivity index (χ3n) is 3.94. The Bertz CT molecular complexity index is 515. The van der Waals surface area contributed by atoms with Crippen LogP contribution in [-0.2, 0) is 11.2 Å². The zero-order valence-corrected chi connectivity index (χ0v) is 11.9. The number of carbonyl (C=O) groups is 2. The highest BCUT2D eigenvalue weighted by atomic mass is 16.4. The van der Waals surface area contributed by atoms with Crippen LogP contribution in [0.1, 0.15) is 41.6 Å². The lowest BCUT2D eigenvalue weighted by molar-refractivity contribution is -0.120. The Morgan fingerprint density at radius 2 is 2.00 bits per heavy atom. The normalized spacial score (nSPS) is 21.8. The molecular formula is C16H21NO4. The van der Waals surface area contributed by atoms with Crippen molar-refractivity contribution in [3.8, 4) is 0 Å². The number of benzene rings is 1. The first kappa shape index (κ1) is 15.5. The summed E-state index contributed by atoms with van der Waals surface area (Å²) < 4.78 is 0. The molecule has 0 saturated heterocycles. The van der Waals surface area contributed by atoms with E-state index >= 15 is 0 Å². The number of nitrogens with one attached hydrogen (secondary N) is 1. The second kappa shape index (κ2) is 7.22. The number of carboxylic acids is 1. The van der Waals surface area contributed by atoms with E-state index in [-0.39, 0.29) is 24.0 Å². The minimum atomic E-state index is -1.02. The predicted molar refractivity (Wildman–Crippen MR) is 78.1 cm³/mol. The van der Waals surface area contributed by atoms with Crippen LogP contribution in [0, 0.1) is 5.92 Å². The van der Waals surface area contributed by atoms with Gasteiger partial charge in [-0.05, 0) is 36.8 Å². The van der Waals surface area contributed by atoms with E-state index in [1.807, 2.05) is 0 Å². The Morgan fingerprint density at radius 1 is 1.24 bits per heavy atom. The van der Waals surface area contributed by atoms with Gasteiger partial charge in [-0.3, -0.25) is 4.79 Å². The molecule has 0 heterocycles. The molecule has 21 heavy (non-hydrogen) atoms. The summed E-state index contributed by atoms with van der Waals surface area (Å²) in [5.74, 6) is -0.884. The molecule has 1 aromatic rings. The smallest absolute Gasteiger partial charge is 0.335 e. The number of aliphatic hydroxyl groups excluding tert-OH is 1. The van der Waals surface area contributed by atoms with Crippen molar-refractivity contribution < 1.29 is 19.8 Å². The van der Waals surface area contributed by atoms with E-state index < -0.39 is 5.97 Å². The number of rotatable bonds is 5. The second-order valence-electron chi connectivity index (χ2n) is 5.63. The summed E-state index contributed by atoms with van der Waals surface area (Å²) in [5, 5.41) is 21.5. The molecule has 0 aromatic heterocycles. The maximum absolute atomic E-state index is 11.9. The molecule has 2 atom stereocenters. The lowest BCUT2D eigenvalue weighted by Crippen LogP contribution is -2.34. The van der Waals surface area contributed by atoms with E-state index in [0.29, 0.717) is 18.0 Å². The molecule has 1 aliphatic rings. The molecule has 1 aromatic carbocycles. The van der Waals surface area contributed by atoms with Crippen molar-refractivity contribution in [1.29, 1.82) is 0 Å². The van der Waals surface area contributed by atoms with E-state index in [0.717, 1.165) is 25.7 Å². The van der Waals surface area contributed by atoms with Crippen molar-refractivity contribution in [2.24, 2.45) is 5.92 Å². The van der Waals surface area contributed by atoms with Gasteiger partial charge in [0.15, 0.2) is 0 Å². The van der Waals surface area contributed by atoms with Gasteiger partial charge in [-0.15, -0.1) is 0 Å². The van der Waals surface area contributed by atoms with Gasteiger partial charge in [-0.2, -0.15) is 0 Å². The minimum Gasteiger partial charge on any atom is -0.478 e. The molecule has 2 rings (SSSR count). The summed E-state index contributed by atoms with van der Waals surface area (Å²) in [7, 11) is 0. The van der Waals surface area contributed by atoms with Crippen LogP contribution < -0.4 is 5.32 Å². The highest BCUT2D eigenvalue weighted by molar-refractivity contribution is 5.91. The quantitative estimate of drug-likeness (QED) is 0.769. The first-order chi connectivity index (χ1) is 10.1. The molecule has 2 unspecified atom stereocenters. The van der Waals surface area contributed by atoms with Gasteiger partial charge < -0.3 is 15.5 Å². The van der Waals surface area contributed by atoms with Gasteiger partial charge in [-0.25, -0.2) is 4.79 Å². The van der Waals surface area contributed by atoms with Crippen molar-refractivity contribution in [1.82, 2.24) is 5.32 Å². The largest absolute Gasteiger partial charge is 0.478 e. The Labute approximate surface area is 124 Å². The van der Waals surface area contributed by atoms with Crippen molar-refractivity contribution in [2.45, 2.75) is 38.2 Å². The molecule has 5 nitrogen and oxygen atoms in total. The first-order valence-corrected chi connectivity index (χ1v) is 7.32. The van der Waals surface area contributed by atoms with E-state index in [4.69, 9.17) is 5.11 Å². The minimum absolute atomic E-state index is 0.0672. The molecule has 3 N–H and O–H groups in total. The van der Waals surface area contributed by atoms with Gasteiger partial charge in [0, 0.05) is 6.54 Å². The Hall–Kier alpha value is -1.88. The number of carbonyl (C=O) groups excluding carboxylic acids is 1. The molecule has 1 saturated carbocycles. The van der Waals surface area contributed by atoms with Gasteiger partial charge in [-0.1, -0.05) is 24.6 Å². The molecule has 114 valence electrons. The lowest BCUT2D eigenvalue weighted by Gasteiger charge is -2.25. The maximum Gasteiger partial charge on any atom is 0.335 e. The van der Waals surface area contributed by atoms with Crippen molar-refractivity contribution in [3.63, 3.8) is 0 Å². The fourth-order valence-electron chi connectivity index (χ4n) is 2.82. The summed E-state index contributed by atoms with van der Waals surface area (Å²) in [6, 6.07) is 6.54. The average Bonchev–Trinajstić information content (AvgIpc) is 2.45. The molecule has 1 aliphatic carbocycles. The van der Waals surface area contributed by atoms with Gasteiger partial charge in [0.2, 0.25) is 5.91 Å². The van der Waals surface area contributed by atoms with Crippen LogP contribution in [0.2, 0.25) is 0 Å². The summed E-state index contributed by atoms with van der Waals surface area (Å²) >= 11 is 0. The number of hydrogen-bond acceptors (Lipinski definition) is 3. The van der Waals surface area contributed by atoms with Crippen molar-refractivity contribution in [3.05, 3.63) is 35.4 Å². The maximum atomic E-state index is 11.9. The zero-order valence-electron chi connectivity index (χ0n) is 11.9. The van der Waals surface area contributed by atoms with Gasteiger partial charge in [0.25, 0.3) is 0 Å². The standard InChI is InChI=1S/C16H21NO4/c18-13-6-3-4-11(8-13)10-17-15(19)9-12-5-1-2-7-14(12)16(20)21/h1-2,5,7,11,13,18H,3-4,6,8-10H2,(H,17,19)(H,20,21). The van der Waals surface area contributed by atoms with Crippen LogP contribution in [-0.4, -0.2) is 34.7 Å².